The largest absolute Gasteiger partial charge is 0.369 e. The number of carbonyl (C=O) groups is 2. The number of nitrogens with one attached hydrogen (secondary N) is 1. The van der Waals surface area contributed by atoms with E-state index in [-0.39, 0.29) is 18.3 Å². The van der Waals surface area contributed by atoms with Crippen LogP contribution in [0.5, 0.6) is 0 Å². The van der Waals surface area contributed by atoms with Crippen molar-refractivity contribution in [3.8, 4) is 0 Å². The fourth-order valence-electron chi connectivity index (χ4n) is 1.89. The van der Waals surface area contributed by atoms with Crippen LogP contribution < -0.4 is 11.1 Å². The van der Waals surface area contributed by atoms with Gasteiger partial charge in [-0.1, -0.05) is 12.1 Å². The molecule has 0 saturated carbocycles. The summed E-state index contributed by atoms with van der Waals surface area (Å²) >= 11 is 1.42. The van der Waals surface area contributed by atoms with E-state index >= 15 is 0 Å². The summed E-state index contributed by atoms with van der Waals surface area (Å²) in [6, 6.07) is 7.58. The van der Waals surface area contributed by atoms with Crippen molar-refractivity contribution in [3.05, 3.63) is 58.0 Å². The van der Waals surface area contributed by atoms with Crippen molar-refractivity contribution < 1.29 is 14.0 Å². The third-order valence-electron chi connectivity index (χ3n) is 3.09. The molecule has 1 atom stereocenters. The van der Waals surface area contributed by atoms with Crippen LogP contribution in [0.25, 0.3) is 0 Å². The van der Waals surface area contributed by atoms with Crippen molar-refractivity contribution >= 4 is 23.2 Å². The first kappa shape index (κ1) is 15.2. The van der Waals surface area contributed by atoms with Gasteiger partial charge in [0.2, 0.25) is 5.91 Å². The highest BCUT2D eigenvalue weighted by molar-refractivity contribution is 7.08. The summed E-state index contributed by atoms with van der Waals surface area (Å²) in [6.07, 6.45) is 0.361. The molecule has 2 amide bonds. The van der Waals surface area contributed by atoms with E-state index in [1.165, 1.54) is 23.5 Å². The molecule has 1 aromatic heterocycles. The minimum absolute atomic E-state index is 0.154. The molecular weight excluding hydrogens is 291 g/mol. The highest BCUT2D eigenvalue weighted by Crippen LogP contribution is 2.10. The van der Waals surface area contributed by atoms with E-state index in [0.717, 1.165) is 5.56 Å². The van der Waals surface area contributed by atoms with Crippen molar-refractivity contribution in [2.75, 3.05) is 6.54 Å². The molecule has 0 radical (unpaired) electrons. The molecule has 1 aromatic carbocycles. The van der Waals surface area contributed by atoms with Crippen LogP contribution in [0.2, 0.25) is 0 Å². The molecule has 1 heterocycles. The monoisotopic (exact) mass is 306 g/mol. The fourth-order valence-corrected chi connectivity index (χ4v) is 2.53. The normalized spacial score (nSPS) is 11.9. The lowest BCUT2D eigenvalue weighted by molar-refractivity contribution is -0.121. The van der Waals surface area contributed by atoms with Crippen molar-refractivity contribution in [1.82, 2.24) is 5.32 Å². The smallest absolute Gasteiger partial charge is 0.252 e. The Balaban J connectivity index is 1.94. The fraction of sp³-hybridized carbons (Fsp3) is 0.200. The highest BCUT2D eigenvalue weighted by atomic mass is 32.1. The molecule has 3 N–H and O–H groups in total. The SMILES string of the molecule is NC(=O)[C@H](CNC(=O)c1ccsc1)Cc1ccc(F)cc1. The first-order chi connectivity index (χ1) is 10.1. The van der Waals surface area contributed by atoms with Crippen LogP contribution in [0.15, 0.2) is 41.1 Å². The second-order valence-electron chi connectivity index (χ2n) is 4.65. The number of halogens is 1. The number of hydrogen-bond acceptors (Lipinski definition) is 3. The summed E-state index contributed by atoms with van der Waals surface area (Å²) in [7, 11) is 0. The van der Waals surface area contributed by atoms with E-state index in [0.29, 0.717) is 12.0 Å². The molecule has 2 aromatic rings. The number of nitrogens with two attached hydrogens (primary N) is 1. The van der Waals surface area contributed by atoms with Crippen LogP contribution in [0.3, 0.4) is 0 Å². The quantitative estimate of drug-likeness (QED) is 0.856. The first-order valence-electron chi connectivity index (χ1n) is 6.40. The van der Waals surface area contributed by atoms with Crippen LogP contribution in [0.4, 0.5) is 4.39 Å². The summed E-state index contributed by atoms with van der Waals surface area (Å²) in [5.41, 5.74) is 6.71. The van der Waals surface area contributed by atoms with Gasteiger partial charge in [-0.05, 0) is 35.6 Å². The topological polar surface area (TPSA) is 72.2 Å². The van der Waals surface area contributed by atoms with Gasteiger partial charge >= 0.3 is 0 Å². The first-order valence-corrected chi connectivity index (χ1v) is 7.34. The average Bonchev–Trinajstić information content (AvgIpc) is 2.99. The summed E-state index contributed by atoms with van der Waals surface area (Å²) in [5, 5.41) is 6.23. The highest BCUT2D eigenvalue weighted by Gasteiger charge is 2.17. The molecular formula is C15H15FN2O2S. The number of benzene rings is 1. The van der Waals surface area contributed by atoms with Crippen molar-refractivity contribution in [1.29, 1.82) is 0 Å². The van der Waals surface area contributed by atoms with Crippen LogP contribution in [-0.4, -0.2) is 18.4 Å². The number of thiophene rings is 1. The van der Waals surface area contributed by atoms with Crippen molar-refractivity contribution in [2.45, 2.75) is 6.42 Å². The van der Waals surface area contributed by atoms with Crippen LogP contribution in [0, 0.1) is 11.7 Å². The molecule has 0 bridgehead atoms. The second-order valence-corrected chi connectivity index (χ2v) is 5.43. The Kier molecular flexibility index (Phi) is 5.05. The summed E-state index contributed by atoms with van der Waals surface area (Å²) < 4.78 is 12.8. The lowest BCUT2D eigenvalue weighted by Gasteiger charge is -2.14. The Morgan fingerprint density at radius 2 is 1.95 bits per heavy atom. The van der Waals surface area contributed by atoms with Gasteiger partial charge in [0.05, 0.1) is 5.92 Å². The minimum Gasteiger partial charge on any atom is -0.369 e. The Labute approximate surface area is 125 Å². The van der Waals surface area contributed by atoms with Gasteiger partial charge in [-0.25, -0.2) is 4.39 Å². The maximum Gasteiger partial charge on any atom is 0.252 e. The van der Waals surface area contributed by atoms with Gasteiger partial charge in [-0.2, -0.15) is 11.3 Å². The number of primary amides is 1. The molecule has 4 nitrogen and oxygen atoms in total. The number of amides is 2. The molecule has 110 valence electrons. The summed E-state index contributed by atoms with van der Waals surface area (Å²) in [5.74, 6) is -1.59. The third kappa shape index (κ3) is 4.39. The van der Waals surface area contributed by atoms with E-state index in [4.69, 9.17) is 5.73 Å². The molecule has 0 spiro atoms. The average molecular weight is 306 g/mol. The van der Waals surface area contributed by atoms with Gasteiger partial charge in [-0.15, -0.1) is 0 Å². The van der Waals surface area contributed by atoms with E-state index in [1.807, 2.05) is 0 Å². The zero-order chi connectivity index (χ0) is 15.2. The van der Waals surface area contributed by atoms with Crippen molar-refractivity contribution in [3.63, 3.8) is 0 Å². The van der Waals surface area contributed by atoms with Gasteiger partial charge in [0.15, 0.2) is 0 Å². The van der Waals surface area contributed by atoms with E-state index in [2.05, 4.69) is 5.32 Å². The number of hydrogen-bond donors (Lipinski definition) is 2. The Morgan fingerprint density at radius 3 is 2.52 bits per heavy atom. The molecule has 0 fully saturated rings. The summed E-state index contributed by atoms with van der Waals surface area (Å²) in [6.45, 7) is 0.154. The minimum atomic E-state index is -0.530. The molecule has 21 heavy (non-hydrogen) atoms. The third-order valence-corrected chi connectivity index (χ3v) is 3.77. The molecule has 0 aliphatic carbocycles. The second kappa shape index (κ2) is 6.99. The lowest BCUT2D eigenvalue weighted by Crippen LogP contribution is -2.37. The number of rotatable bonds is 6. The zero-order valence-electron chi connectivity index (χ0n) is 11.2. The molecule has 6 heteroatoms. The molecule has 0 saturated heterocycles. The Bertz CT molecular complexity index is 611. The van der Waals surface area contributed by atoms with E-state index < -0.39 is 11.8 Å². The van der Waals surface area contributed by atoms with Crippen LogP contribution in [0.1, 0.15) is 15.9 Å². The zero-order valence-corrected chi connectivity index (χ0v) is 12.0. The molecule has 0 aliphatic rings. The predicted molar refractivity (Wildman–Crippen MR) is 79.4 cm³/mol. The summed E-state index contributed by atoms with van der Waals surface area (Å²) in [4.78, 5) is 23.3. The molecule has 0 aliphatic heterocycles. The Morgan fingerprint density at radius 1 is 1.24 bits per heavy atom. The maximum atomic E-state index is 12.8. The van der Waals surface area contributed by atoms with Gasteiger partial charge in [0, 0.05) is 17.5 Å². The van der Waals surface area contributed by atoms with E-state index in [1.54, 1.807) is 29.0 Å². The van der Waals surface area contributed by atoms with Crippen LogP contribution >= 0.6 is 11.3 Å². The maximum absolute atomic E-state index is 12.8. The Hall–Kier alpha value is -2.21. The standard InChI is InChI=1S/C15H15FN2O2S/c16-13-3-1-10(2-4-13)7-12(14(17)19)8-18-15(20)11-5-6-21-9-11/h1-6,9,12H,7-8H2,(H2,17,19)(H,18,20)/t12-/m0/s1. The van der Waals surface area contributed by atoms with Gasteiger partial charge in [0.25, 0.3) is 5.91 Å². The molecule has 2 rings (SSSR count). The van der Waals surface area contributed by atoms with Crippen LogP contribution in [-0.2, 0) is 11.2 Å². The lowest BCUT2D eigenvalue weighted by atomic mass is 9.98. The molecule has 0 unspecified atom stereocenters. The van der Waals surface area contributed by atoms with Gasteiger partial charge in [0.1, 0.15) is 5.82 Å². The van der Waals surface area contributed by atoms with Gasteiger partial charge < -0.3 is 11.1 Å². The van der Waals surface area contributed by atoms with Gasteiger partial charge in [-0.3, -0.25) is 9.59 Å². The number of carbonyl (C=O) groups excluding carboxylic acids is 2. The predicted octanol–water partition coefficient (Wildman–Crippen LogP) is 1.96. The van der Waals surface area contributed by atoms with Crippen molar-refractivity contribution in [2.24, 2.45) is 11.7 Å². The van der Waals surface area contributed by atoms with E-state index in [9.17, 15) is 14.0 Å².